The van der Waals surface area contributed by atoms with Crippen LogP contribution < -0.4 is 4.90 Å². The van der Waals surface area contributed by atoms with Gasteiger partial charge in [-0.25, -0.2) is 9.97 Å². The van der Waals surface area contributed by atoms with Crippen LogP contribution in [0.2, 0.25) is 0 Å². The predicted octanol–water partition coefficient (Wildman–Crippen LogP) is 3.43. The Hall–Kier alpha value is -2.36. The number of hydrogen-bond acceptors (Lipinski definition) is 3. The van der Waals surface area contributed by atoms with E-state index in [1.165, 1.54) is 24.8 Å². The number of anilines is 1. The smallest absolute Gasteiger partial charge is 0.207 e. The molecular formula is C19H22N4. The van der Waals surface area contributed by atoms with Crippen LogP contribution in [0.25, 0.3) is 11.2 Å². The second-order valence-corrected chi connectivity index (χ2v) is 6.44. The standard InChI is InChI=1S/C19H22N4/c1-22-18-17(8-5-11-20-18)21-19(22)23-12-9-16(10-13-23)14-15-6-3-2-4-7-15/h2-8,11,16H,9-10,12-14H2,1H3. The quantitative estimate of drug-likeness (QED) is 0.743. The summed E-state index contributed by atoms with van der Waals surface area (Å²) in [5.74, 6) is 1.83. The van der Waals surface area contributed by atoms with Gasteiger partial charge in [0.15, 0.2) is 5.65 Å². The van der Waals surface area contributed by atoms with Crippen LogP contribution in [0.5, 0.6) is 0 Å². The Morgan fingerprint density at radius 3 is 2.57 bits per heavy atom. The SMILES string of the molecule is Cn1c(N2CCC(Cc3ccccc3)CC2)nc2cccnc21. The van der Waals surface area contributed by atoms with Crippen LogP contribution in [-0.4, -0.2) is 27.6 Å². The Kier molecular flexibility index (Phi) is 3.74. The molecule has 4 rings (SSSR count). The van der Waals surface area contributed by atoms with Crippen LogP contribution in [0.4, 0.5) is 5.95 Å². The summed E-state index contributed by atoms with van der Waals surface area (Å²) in [4.78, 5) is 11.6. The summed E-state index contributed by atoms with van der Waals surface area (Å²) < 4.78 is 2.12. The van der Waals surface area contributed by atoms with Crippen molar-refractivity contribution in [2.45, 2.75) is 19.3 Å². The molecule has 2 aromatic heterocycles. The van der Waals surface area contributed by atoms with E-state index in [9.17, 15) is 0 Å². The Balaban J connectivity index is 1.45. The Morgan fingerprint density at radius 1 is 1.04 bits per heavy atom. The Labute approximate surface area is 136 Å². The van der Waals surface area contributed by atoms with Gasteiger partial charge < -0.3 is 4.90 Å². The van der Waals surface area contributed by atoms with Gasteiger partial charge in [0.05, 0.1) is 0 Å². The van der Waals surface area contributed by atoms with E-state index < -0.39 is 0 Å². The fourth-order valence-corrected chi connectivity index (χ4v) is 3.58. The minimum Gasteiger partial charge on any atom is -0.342 e. The van der Waals surface area contributed by atoms with Crippen molar-refractivity contribution in [1.82, 2.24) is 14.5 Å². The summed E-state index contributed by atoms with van der Waals surface area (Å²) in [7, 11) is 2.06. The third-order valence-electron chi connectivity index (χ3n) is 4.87. The maximum atomic E-state index is 4.77. The number of aromatic nitrogens is 3. The molecule has 0 bridgehead atoms. The molecule has 4 heteroatoms. The second-order valence-electron chi connectivity index (χ2n) is 6.44. The molecule has 0 spiro atoms. The third-order valence-corrected chi connectivity index (χ3v) is 4.87. The topological polar surface area (TPSA) is 34.0 Å². The first-order valence-electron chi connectivity index (χ1n) is 8.37. The minimum atomic E-state index is 0.779. The van der Waals surface area contributed by atoms with Gasteiger partial charge in [-0.05, 0) is 42.9 Å². The third kappa shape index (κ3) is 2.81. The van der Waals surface area contributed by atoms with Crippen LogP contribution in [0.3, 0.4) is 0 Å². The van der Waals surface area contributed by atoms with Crippen LogP contribution in [0.1, 0.15) is 18.4 Å². The van der Waals surface area contributed by atoms with Gasteiger partial charge >= 0.3 is 0 Å². The number of fused-ring (bicyclic) bond motifs is 1. The summed E-state index contributed by atoms with van der Waals surface area (Å²) >= 11 is 0. The summed E-state index contributed by atoms with van der Waals surface area (Å²) in [6.45, 7) is 2.16. The molecule has 23 heavy (non-hydrogen) atoms. The van der Waals surface area contributed by atoms with E-state index in [2.05, 4.69) is 51.8 Å². The zero-order valence-electron chi connectivity index (χ0n) is 13.5. The van der Waals surface area contributed by atoms with Gasteiger partial charge in [0, 0.05) is 26.3 Å². The monoisotopic (exact) mass is 306 g/mol. The number of piperidine rings is 1. The van der Waals surface area contributed by atoms with Crippen molar-refractivity contribution in [1.29, 1.82) is 0 Å². The molecule has 118 valence electrons. The van der Waals surface area contributed by atoms with E-state index in [1.807, 2.05) is 18.3 Å². The van der Waals surface area contributed by atoms with Gasteiger partial charge in [-0.3, -0.25) is 4.57 Å². The van der Waals surface area contributed by atoms with Crippen LogP contribution in [-0.2, 0) is 13.5 Å². The first kappa shape index (κ1) is 14.2. The van der Waals surface area contributed by atoms with Gasteiger partial charge in [-0.2, -0.15) is 0 Å². The van der Waals surface area contributed by atoms with Crippen molar-refractivity contribution >= 4 is 17.1 Å². The highest BCUT2D eigenvalue weighted by atomic mass is 15.3. The van der Waals surface area contributed by atoms with Gasteiger partial charge in [0.25, 0.3) is 0 Å². The molecule has 1 aliphatic heterocycles. The molecule has 0 radical (unpaired) electrons. The van der Waals surface area contributed by atoms with E-state index in [0.29, 0.717) is 0 Å². The number of benzene rings is 1. The highest BCUT2D eigenvalue weighted by molar-refractivity contribution is 5.74. The van der Waals surface area contributed by atoms with E-state index in [0.717, 1.165) is 36.1 Å². The first-order chi connectivity index (χ1) is 11.3. The fourth-order valence-electron chi connectivity index (χ4n) is 3.58. The van der Waals surface area contributed by atoms with Gasteiger partial charge in [0.2, 0.25) is 5.95 Å². The Bertz CT molecular complexity index is 785. The molecule has 3 heterocycles. The van der Waals surface area contributed by atoms with Crippen molar-refractivity contribution in [2.24, 2.45) is 13.0 Å². The summed E-state index contributed by atoms with van der Waals surface area (Å²) in [5, 5.41) is 0. The maximum Gasteiger partial charge on any atom is 0.207 e. The van der Waals surface area contributed by atoms with Crippen molar-refractivity contribution in [3.05, 3.63) is 54.2 Å². The summed E-state index contributed by atoms with van der Waals surface area (Å²) in [6.07, 6.45) is 5.48. The molecule has 0 amide bonds. The second kappa shape index (κ2) is 6.03. The summed E-state index contributed by atoms with van der Waals surface area (Å²) in [5.41, 5.74) is 3.41. The maximum absolute atomic E-state index is 4.77. The zero-order chi connectivity index (χ0) is 15.6. The largest absolute Gasteiger partial charge is 0.342 e. The summed E-state index contributed by atoms with van der Waals surface area (Å²) in [6, 6.07) is 14.8. The molecule has 0 N–H and O–H groups in total. The van der Waals surface area contributed by atoms with Crippen molar-refractivity contribution in [3.63, 3.8) is 0 Å². The van der Waals surface area contributed by atoms with E-state index in [-0.39, 0.29) is 0 Å². The van der Waals surface area contributed by atoms with Gasteiger partial charge in [-0.15, -0.1) is 0 Å². The molecule has 0 saturated carbocycles. The molecule has 1 aromatic carbocycles. The average molecular weight is 306 g/mol. The molecule has 1 saturated heterocycles. The molecule has 1 aliphatic rings. The van der Waals surface area contributed by atoms with Crippen molar-refractivity contribution in [2.75, 3.05) is 18.0 Å². The first-order valence-corrected chi connectivity index (χ1v) is 8.37. The van der Waals surface area contributed by atoms with E-state index in [1.54, 1.807) is 0 Å². The lowest BCUT2D eigenvalue weighted by Crippen LogP contribution is -2.35. The molecule has 0 aliphatic carbocycles. The minimum absolute atomic E-state index is 0.779. The van der Waals surface area contributed by atoms with Crippen molar-refractivity contribution in [3.8, 4) is 0 Å². The fraction of sp³-hybridized carbons (Fsp3) is 0.368. The number of nitrogens with zero attached hydrogens (tertiary/aromatic N) is 4. The lowest BCUT2D eigenvalue weighted by molar-refractivity contribution is 0.399. The van der Waals surface area contributed by atoms with E-state index >= 15 is 0 Å². The number of imidazole rings is 1. The predicted molar refractivity (Wildman–Crippen MR) is 93.6 cm³/mol. The van der Waals surface area contributed by atoms with Crippen LogP contribution in [0, 0.1) is 5.92 Å². The normalized spacial score (nSPS) is 16.1. The molecular weight excluding hydrogens is 284 g/mol. The molecule has 0 unspecified atom stereocenters. The highest BCUT2D eigenvalue weighted by Gasteiger charge is 2.23. The highest BCUT2D eigenvalue weighted by Crippen LogP contribution is 2.26. The average Bonchev–Trinajstić information content (AvgIpc) is 2.94. The molecule has 0 atom stereocenters. The van der Waals surface area contributed by atoms with Crippen molar-refractivity contribution < 1.29 is 0 Å². The number of aryl methyl sites for hydroxylation is 1. The molecule has 4 nitrogen and oxygen atoms in total. The lowest BCUT2D eigenvalue weighted by Gasteiger charge is -2.32. The Morgan fingerprint density at radius 2 is 1.83 bits per heavy atom. The lowest BCUT2D eigenvalue weighted by atomic mass is 9.90. The zero-order valence-corrected chi connectivity index (χ0v) is 13.5. The number of rotatable bonds is 3. The molecule has 1 fully saturated rings. The molecule has 3 aromatic rings. The van der Waals surface area contributed by atoms with Gasteiger partial charge in [-0.1, -0.05) is 30.3 Å². The number of pyridine rings is 1. The van der Waals surface area contributed by atoms with E-state index in [4.69, 9.17) is 4.98 Å². The van der Waals surface area contributed by atoms with Crippen LogP contribution >= 0.6 is 0 Å². The number of hydrogen-bond donors (Lipinski definition) is 0. The van der Waals surface area contributed by atoms with Crippen LogP contribution in [0.15, 0.2) is 48.7 Å². The van der Waals surface area contributed by atoms with Gasteiger partial charge in [0.1, 0.15) is 5.52 Å².